The van der Waals surface area contributed by atoms with E-state index in [0.717, 1.165) is 34.7 Å². The number of amides is 1. The Balaban J connectivity index is 1.41. The van der Waals surface area contributed by atoms with E-state index in [1.165, 1.54) is 0 Å². The van der Waals surface area contributed by atoms with E-state index in [1.807, 2.05) is 67.9 Å². The summed E-state index contributed by atoms with van der Waals surface area (Å²) in [5.74, 6) is -0.728. The van der Waals surface area contributed by atoms with Gasteiger partial charge in [-0.05, 0) is 69.2 Å². The maximum absolute atomic E-state index is 12.7. The predicted octanol–water partition coefficient (Wildman–Crippen LogP) is 3.62. The summed E-state index contributed by atoms with van der Waals surface area (Å²) >= 11 is 0. The maximum Gasteiger partial charge on any atom is 0.338 e. The van der Waals surface area contributed by atoms with Crippen LogP contribution in [0.4, 0.5) is 5.69 Å². The Labute approximate surface area is 169 Å². The number of hydrogen-bond acceptors (Lipinski definition) is 4. The number of nitrogens with zero attached hydrogens (tertiary/aromatic N) is 3. The molecule has 1 aliphatic rings. The minimum Gasteiger partial charge on any atom is -0.452 e. The molecular weight excluding hydrogens is 366 g/mol. The lowest BCUT2D eigenvalue weighted by atomic mass is 10.1. The summed E-state index contributed by atoms with van der Waals surface area (Å²) in [5, 5.41) is 4.43. The van der Waals surface area contributed by atoms with E-state index in [0.29, 0.717) is 5.56 Å². The van der Waals surface area contributed by atoms with Crippen molar-refractivity contribution in [3.63, 3.8) is 0 Å². The van der Waals surface area contributed by atoms with E-state index in [1.54, 1.807) is 17.0 Å². The van der Waals surface area contributed by atoms with Gasteiger partial charge in [-0.3, -0.25) is 4.79 Å². The first-order valence-electron chi connectivity index (χ1n) is 9.65. The van der Waals surface area contributed by atoms with Crippen LogP contribution in [0.5, 0.6) is 0 Å². The highest BCUT2D eigenvalue weighted by Crippen LogP contribution is 2.31. The summed E-state index contributed by atoms with van der Waals surface area (Å²) in [7, 11) is 0. The van der Waals surface area contributed by atoms with Gasteiger partial charge in [0.05, 0.1) is 16.9 Å². The molecule has 6 heteroatoms. The van der Waals surface area contributed by atoms with Crippen molar-refractivity contribution >= 4 is 17.6 Å². The number of benzene rings is 2. The number of aromatic nitrogens is 2. The Hall–Kier alpha value is -3.41. The van der Waals surface area contributed by atoms with Crippen molar-refractivity contribution in [1.82, 2.24) is 9.78 Å². The van der Waals surface area contributed by atoms with Crippen molar-refractivity contribution in [3.05, 3.63) is 77.1 Å². The van der Waals surface area contributed by atoms with Crippen LogP contribution in [0.3, 0.4) is 0 Å². The van der Waals surface area contributed by atoms with E-state index in [4.69, 9.17) is 4.74 Å². The Morgan fingerprint density at radius 2 is 1.83 bits per heavy atom. The monoisotopic (exact) mass is 389 g/mol. The fraction of sp³-hybridized carbons (Fsp3) is 0.261. The molecule has 0 aliphatic carbocycles. The second-order valence-electron chi connectivity index (χ2n) is 7.41. The number of rotatable bonds is 4. The van der Waals surface area contributed by atoms with E-state index in [9.17, 15) is 9.59 Å². The molecule has 1 amide bonds. The van der Waals surface area contributed by atoms with Gasteiger partial charge in [0.15, 0.2) is 6.61 Å². The van der Waals surface area contributed by atoms with Crippen LogP contribution in [0.2, 0.25) is 0 Å². The van der Waals surface area contributed by atoms with Crippen LogP contribution in [0.15, 0.2) is 54.6 Å². The Morgan fingerprint density at radius 3 is 2.52 bits per heavy atom. The molecule has 29 heavy (non-hydrogen) atoms. The van der Waals surface area contributed by atoms with Gasteiger partial charge in [0.25, 0.3) is 5.91 Å². The van der Waals surface area contributed by atoms with E-state index in [2.05, 4.69) is 5.10 Å². The van der Waals surface area contributed by atoms with Gasteiger partial charge in [-0.2, -0.15) is 5.10 Å². The zero-order valence-corrected chi connectivity index (χ0v) is 16.8. The summed E-state index contributed by atoms with van der Waals surface area (Å²) in [6, 6.07) is 16.9. The van der Waals surface area contributed by atoms with Crippen LogP contribution in [0.25, 0.3) is 5.69 Å². The van der Waals surface area contributed by atoms with Crippen LogP contribution < -0.4 is 4.90 Å². The lowest BCUT2D eigenvalue weighted by Gasteiger charge is -2.22. The molecule has 1 aromatic heterocycles. The largest absolute Gasteiger partial charge is 0.452 e. The van der Waals surface area contributed by atoms with Gasteiger partial charge in [0, 0.05) is 17.4 Å². The molecule has 2 aromatic carbocycles. The molecule has 0 fully saturated rings. The third-order valence-electron chi connectivity index (χ3n) is 5.16. The smallest absolute Gasteiger partial charge is 0.338 e. The van der Waals surface area contributed by atoms with E-state index < -0.39 is 5.97 Å². The molecule has 3 aromatic rings. The van der Waals surface area contributed by atoms with Gasteiger partial charge in [-0.15, -0.1) is 0 Å². The number of hydrogen-bond donors (Lipinski definition) is 0. The first-order chi connectivity index (χ1) is 13.9. The van der Waals surface area contributed by atoms with Crippen LogP contribution in [-0.2, 0) is 16.0 Å². The average Bonchev–Trinajstić information content (AvgIpc) is 3.23. The first-order valence-corrected chi connectivity index (χ1v) is 9.65. The zero-order valence-electron chi connectivity index (χ0n) is 16.8. The van der Waals surface area contributed by atoms with Gasteiger partial charge < -0.3 is 9.64 Å². The van der Waals surface area contributed by atoms with Gasteiger partial charge in [0.1, 0.15) is 0 Å². The summed E-state index contributed by atoms with van der Waals surface area (Å²) in [6.07, 6.45) is 0.809. The molecule has 0 bridgehead atoms. The minimum atomic E-state index is -0.515. The van der Waals surface area contributed by atoms with E-state index in [-0.39, 0.29) is 18.6 Å². The SMILES string of the molecule is Cc1cc(C)n(-c2ccc(C(=O)OCC(=O)N3c4ccccc4C[C@@H]3C)cc2)n1. The lowest BCUT2D eigenvalue weighted by molar-refractivity contribution is -0.122. The normalized spacial score (nSPS) is 15.3. The minimum absolute atomic E-state index is 0.0543. The molecule has 1 atom stereocenters. The number of anilines is 1. The Kier molecular flexibility index (Phi) is 4.92. The number of carbonyl (C=O) groups excluding carboxylic acids is 2. The molecule has 1 aliphatic heterocycles. The molecule has 148 valence electrons. The quantitative estimate of drug-likeness (QED) is 0.639. The topological polar surface area (TPSA) is 64.4 Å². The van der Waals surface area contributed by atoms with Gasteiger partial charge in [-0.25, -0.2) is 9.48 Å². The second-order valence-corrected chi connectivity index (χ2v) is 7.41. The van der Waals surface area contributed by atoms with Gasteiger partial charge in [0.2, 0.25) is 0 Å². The molecule has 6 nitrogen and oxygen atoms in total. The predicted molar refractivity (Wildman–Crippen MR) is 110 cm³/mol. The Bertz CT molecular complexity index is 1070. The average molecular weight is 389 g/mol. The van der Waals surface area contributed by atoms with Crippen molar-refractivity contribution in [2.45, 2.75) is 33.2 Å². The standard InChI is InChI=1S/C23H23N3O3/c1-15-12-17(3)26(24-15)20-10-8-18(9-11-20)23(28)29-14-22(27)25-16(2)13-19-6-4-5-7-21(19)25/h4-12,16H,13-14H2,1-3H3/t16-/m0/s1. The van der Waals surface area contributed by atoms with Crippen LogP contribution in [0, 0.1) is 13.8 Å². The molecule has 0 N–H and O–H groups in total. The third-order valence-corrected chi connectivity index (χ3v) is 5.16. The maximum atomic E-state index is 12.7. The fourth-order valence-corrected chi connectivity index (χ4v) is 3.85. The molecule has 0 unspecified atom stereocenters. The van der Waals surface area contributed by atoms with Crippen molar-refractivity contribution < 1.29 is 14.3 Å². The highest BCUT2D eigenvalue weighted by atomic mass is 16.5. The number of fused-ring (bicyclic) bond motifs is 1. The lowest BCUT2D eigenvalue weighted by Crippen LogP contribution is -2.38. The summed E-state index contributed by atoms with van der Waals surface area (Å²) in [4.78, 5) is 26.8. The summed E-state index contributed by atoms with van der Waals surface area (Å²) < 4.78 is 7.11. The van der Waals surface area contributed by atoms with E-state index >= 15 is 0 Å². The highest BCUT2D eigenvalue weighted by Gasteiger charge is 2.31. The fourth-order valence-electron chi connectivity index (χ4n) is 3.85. The molecule has 0 spiro atoms. The van der Waals surface area contributed by atoms with Gasteiger partial charge in [-0.1, -0.05) is 18.2 Å². The molecule has 2 heterocycles. The van der Waals surface area contributed by atoms with Crippen LogP contribution in [0.1, 0.15) is 34.2 Å². The molecular formula is C23H23N3O3. The number of carbonyl (C=O) groups is 2. The summed E-state index contributed by atoms with van der Waals surface area (Å²) in [6.45, 7) is 5.63. The molecule has 0 saturated carbocycles. The van der Waals surface area contributed by atoms with Crippen molar-refractivity contribution in [3.8, 4) is 5.69 Å². The van der Waals surface area contributed by atoms with Gasteiger partial charge >= 0.3 is 5.97 Å². The number of para-hydroxylation sites is 1. The first kappa shape index (κ1) is 18.9. The molecule has 0 saturated heterocycles. The number of ether oxygens (including phenoxy) is 1. The van der Waals surface area contributed by atoms with Crippen LogP contribution >= 0.6 is 0 Å². The second kappa shape index (κ2) is 7.54. The molecule has 4 rings (SSSR count). The number of esters is 1. The van der Waals surface area contributed by atoms with Crippen molar-refractivity contribution in [2.24, 2.45) is 0 Å². The van der Waals surface area contributed by atoms with Crippen LogP contribution in [-0.4, -0.2) is 34.3 Å². The highest BCUT2D eigenvalue weighted by molar-refractivity contribution is 5.99. The number of aryl methyl sites for hydroxylation is 2. The Morgan fingerprint density at radius 1 is 1.10 bits per heavy atom. The van der Waals surface area contributed by atoms with Crippen molar-refractivity contribution in [1.29, 1.82) is 0 Å². The molecule has 0 radical (unpaired) electrons. The third kappa shape index (κ3) is 3.66. The zero-order chi connectivity index (χ0) is 20.5. The summed E-state index contributed by atoms with van der Waals surface area (Å²) in [5.41, 5.74) is 5.25. The van der Waals surface area contributed by atoms with Crippen molar-refractivity contribution in [2.75, 3.05) is 11.5 Å².